The van der Waals surface area contributed by atoms with Crippen LogP contribution in [0.3, 0.4) is 0 Å². The molecule has 0 unspecified atom stereocenters. The minimum Gasteiger partial charge on any atom is -0.369 e. The van der Waals surface area contributed by atoms with Gasteiger partial charge in [0, 0.05) is 70.6 Å². The van der Waals surface area contributed by atoms with Crippen molar-refractivity contribution >= 4 is 15.7 Å². The normalized spacial score (nSPS) is 16.2. The third-order valence-corrected chi connectivity index (χ3v) is 6.29. The zero-order chi connectivity index (χ0) is 18.7. The molecule has 1 saturated heterocycles. The lowest BCUT2D eigenvalue weighted by Crippen LogP contribution is -2.47. The van der Waals surface area contributed by atoms with Gasteiger partial charge in [0.05, 0.1) is 11.6 Å². The van der Waals surface area contributed by atoms with Gasteiger partial charge in [-0.1, -0.05) is 0 Å². The van der Waals surface area contributed by atoms with E-state index in [4.69, 9.17) is 0 Å². The predicted octanol–water partition coefficient (Wildman–Crippen LogP) is 0.273. The van der Waals surface area contributed by atoms with Gasteiger partial charge in [-0.15, -0.1) is 0 Å². The molecule has 1 fully saturated rings. The number of hydrogen-bond acceptors (Lipinski definition) is 6. The van der Waals surface area contributed by atoms with Crippen molar-refractivity contribution in [3.05, 3.63) is 53.2 Å². The molecule has 0 saturated carbocycles. The fourth-order valence-corrected chi connectivity index (χ4v) is 3.82. The van der Waals surface area contributed by atoms with Crippen LogP contribution in [0, 0.1) is 0 Å². The molecule has 3 heterocycles. The Bertz CT molecular complexity index is 903. The third kappa shape index (κ3) is 3.95. The molecule has 0 amide bonds. The van der Waals surface area contributed by atoms with Crippen molar-refractivity contribution < 1.29 is 8.42 Å². The molecule has 1 aliphatic heterocycles. The lowest BCUT2D eigenvalue weighted by atomic mass is 10.3. The summed E-state index contributed by atoms with van der Waals surface area (Å²) in [6.45, 7) is 3.64. The molecular weight excluding hydrogens is 354 g/mol. The van der Waals surface area contributed by atoms with Crippen molar-refractivity contribution in [2.45, 2.75) is 11.6 Å². The summed E-state index contributed by atoms with van der Waals surface area (Å²) >= 11 is 0. The van der Waals surface area contributed by atoms with Gasteiger partial charge in [0.1, 0.15) is 0 Å². The summed E-state index contributed by atoms with van der Waals surface area (Å²) < 4.78 is 27.1. The summed E-state index contributed by atoms with van der Waals surface area (Å²) in [6.07, 6.45) is 4.98. The van der Waals surface area contributed by atoms with E-state index in [1.807, 2.05) is 12.1 Å². The number of nitrogens with zero attached hydrogens (tertiary/aromatic N) is 5. The topological polar surface area (TPSA) is 78.8 Å². The Morgan fingerprint density at radius 2 is 1.69 bits per heavy atom. The van der Waals surface area contributed by atoms with E-state index in [-0.39, 0.29) is 10.5 Å². The van der Waals surface area contributed by atoms with Crippen LogP contribution in [0.1, 0.15) is 0 Å². The lowest BCUT2D eigenvalue weighted by Gasteiger charge is -2.36. The smallest absolute Gasteiger partial charge is 0.251 e. The molecule has 0 spiro atoms. The van der Waals surface area contributed by atoms with Crippen LogP contribution >= 0.6 is 0 Å². The Balaban J connectivity index is 1.70. The lowest BCUT2D eigenvalue weighted by molar-refractivity contribution is 0.202. The Kier molecular flexibility index (Phi) is 5.40. The zero-order valence-electron chi connectivity index (χ0n) is 14.9. The van der Waals surface area contributed by atoms with Crippen LogP contribution in [-0.2, 0) is 16.7 Å². The highest BCUT2D eigenvalue weighted by Crippen LogP contribution is 2.15. The van der Waals surface area contributed by atoms with E-state index >= 15 is 0 Å². The fourth-order valence-electron chi connectivity index (χ4n) is 2.90. The van der Waals surface area contributed by atoms with Crippen LogP contribution < -0.4 is 10.5 Å². The van der Waals surface area contributed by atoms with E-state index in [9.17, 15) is 13.2 Å². The van der Waals surface area contributed by atoms with Crippen LogP contribution in [0.2, 0.25) is 0 Å². The van der Waals surface area contributed by atoms with E-state index in [0.717, 1.165) is 36.2 Å². The number of sulfonamides is 1. The molecule has 0 radical (unpaired) electrons. The van der Waals surface area contributed by atoms with E-state index in [1.165, 1.54) is 37.0 Å². The van der Waals surface area contributed by atoms with E-state index in [1.54, 1.807) is 12.4 Å². The largest absolute Gasteiger partial charge is 0.369 e. The third-order valence-electron chi connectivity index (χ3n) is 4.49. The quantitative estimate of drug-likeness (QED) is 0.744. The number of anilines is 1. The second kappa shape index (κ2) is 7.56. The Morgan fingerprint density at radius 1 is 1.04 bits per heavy atom. The molecule has 140 valence electrons. The van der Waals surface area contributed by atoms with Crippen molar-refractivity contribution in [1.29, 1.82) is 0 Å². The molecule has 0 bridgehead atoms. The molecular formula is C17H23N5O3S. The fraction of sp³-hybridized carbons (Fsp3) is 0.412. The van der Waals surface area contributed by atoms with Gasteiger partial charge in [0.15, 0.2) is 0 Å². The average molecular weight is 377 g/mol. The van der Waals surface area contributed by atoms with Gasteiger partial charge in [0.25, 0.3) is 5.56 Å². The van der Waals surface area contributed by atoms with Gasteiger partial charge >= 0.3 is 0 Å². The second-order valence-electron chi connectivity index (χ2n) is 6.41. The maximum Gasteiger partial charge on any atom is 0.251 e. The molecule has 8 nitrogen and oxygen atoms in total. The summed E-state index contributed by atoms with van der Waals surface area (Å²) in [7, 11) is -0.610. The van der Waals surface area contributed by atoms with Gasteiger partial charge in [-0.05, 0) is 18.2 Å². The Labute approximate surface area is 153 Å². The summed E-state index contributed by atoms with van der Waals surface area (Å²) in [5.41, 5.74) is 0.926. The minimum atomic E-state index is -3.56. The maximum atomic E-state index is 12.3. The molecule has 2 aromatic rings. The highest BCUT2D eigenvalue weighted by Gasteiger charge is 2.20. The van der Waals surface area contributed by atoms with Crippen molar-refractivity contribution in [3.63, 3.8) is 0 Å². The van der Waals surface area contributed by atoms with Crippen LogP contribution in [0.5, 0.6) is 0 Å². The highest BCUT2D eigenvalue weighted by atomic mass is 32.2. The number of rotatable bonds is 5. The summed E-state index contributed by atoms with van der Waals surface area (Å²) in [4.78, 5) is 20.7. The predicted molar refractivity (Wildman–Crippen MR) is 99.6 cm³/mol. The van der Waals surface area contributed by atoms with Crippen LogP contribution in [0.25, 0.3) is 0 Å². The zero-order valence-corrected chi connectivity index (χ0v) is 15.8. The highest BCUT2D eigenvalue weighted by molar-refractivity contribution is 7.89. The SMILES string of the molecule is CN(C)S(=O)(=O)c1ccc(=O)n(CN2CCN(c3ccncc3)CC2)c1. The first-order chi connectivity index (χ1) is 12.4. The molecule has 9 heteroatoms. The van der Waals surface area contributed by atoms with E-state index in [2.05, 4.69) is 14.8 Å². The van der Waals surface area contributed by atoms with Gasteiger partial charge in [-0.3, -0.25) is 14.7 Å². The number of pyridine rings is 2. The Morgan fingerprint density at radius 3 is 2.31 bits per heavy atom. The van der Waals surface area contributed by atoms with Crippen LogP contribution in [-0.4, -0.2) is 67.4 Å². The molecule has 0 N–H and O–H groups in total. The molecule has 0 atom stereocenters. The molecule has 26 heavy (non-hydrogen) atoms. The first-order valence-corrected chi connectivity index (χ1v) is 9.82. The van der Waals surface area contributed by atoms with Gasteiger partial charge < -0.3 is 9.47 Å². The van der Waals surface area contributed by atoms with Gasteiger partial charge in [0.2, 0.25) is 10.0 Å². The van der Waals surface area contributed by atoms with Crippen molar-refractivity contribution in [2.24, 2.45) is 0 Å². The number of aromatic nitrogens is 2. The second-order valence-corrected chi connectivity index (χ2v) is 8.56. The first-order valence-electron chi connectivity index (χ1n) is 8.38. The van der Waals surface area contributed by atoms with E-state index < -0.39 is 10.0 Å². The van der Waals surface area contributed by atoms with Gasteiger partial charge in [-0.2, -0.15) is 0 Å². The minimum absolute atomic E-state index is 0.123. The van der Waals surface area contributed by atoms with Crippen LogP contribution in [0.4, 0.5) is 5.69 Å². The van der Waals surface area contributed by atoms with Crippen LogP contribution in [0.15, 0.2) is 52.5 Å². The Hall–Kier alpha value is -2.23. The summed E-state index contributed by atoms with van der Waals surface area (Å²) in [5, 5.41) is 0. The van der Waals surface area contributed by atoms with Crippen molar-refractivity contribution in [1.82, 2.24) is 18.8 Å². The van der Waals surface area contributed by atoms with E-state index in [0.29, 0.717) is 6.67 Å². The molecule has 0 aliphatic carbocycles. The first kappa shape index (κ1) is 18.6. The van der Waals surface area contributed by atoms with Crippen molar-refractivity contribution in [3.8, 4) is 0 Å². The molecule has 0 aromatic carbocycles. The average Bonchev–Trinajstić information content (AvgIpc) is 2.64. The van der Waals surface area contributed by atoms with Crippen molar-refractivity contribution in [2.75, 3.05) is 45.2 Å². The van der Waals surface area contributed by atoms with Gasteiger partial charge in [-0.25, -0.2) is 12.7 Å². The molecule has 2 aromatic heterocycles. The summed E-state index contributed by atoms with van der Waals surface area (Å²) in [5.74, 6) is 0. The maximum absolute atomic E-state index is 12.3. The number of hydrogen-bond donors (Lipinski definition) is 0. The molecule has 1 aliphatic rings. The monoisotopic (exact) mass is 377 g/mol. The summed E-state index contributed by atoms with van der Waals surface area (Å²) in [6, 6.07) is 6.63. The number of piperazine rings is 1. The standard InChI is InChI=1S/C17H23N5O3S/c1-19(2)26(24,25)16-3-4-17(23)22(13-16)14-20-9-11-21(12-10-20)15-5-7-18-8-6-15/h3-8,13H,9-12,14H2,1-2H3. The molecule has 3 rings (SSSR count).